The van der Waals surface area contributed by atoms with Gasteiger partial charge in [0.05, 0.1) is 5.60 Å². The maximum atomic E-state index is 13.0. The van der Waals surface area contributed by atoms with Gasteiger partial charge in [0.25, 0.3) is 0 Å². The Morgan fingerprint density at radius 2 is 1.81 bits per heavy atom. The van der Waals surface area contributed by atoms with Crippen LogP contribution in [0.2, 0.25) is 0 Å². The summed E-state index contributed by atoms with van der Waals surface area (Å²) in [5.41, 5.74) is 2.31. The van der Waals surface area contributed by atoms with Crippen LogP contribution in [0, 0.1) is 5.92 Å². The van der Waals surface area contributed by atoms with E-state index in [0.29, 0.717) is 0 Å². The Morgan fingerprint density at radius 3 is 2.54 bits per heavy atom. The summed E-state index contributed by atoms with van der Waals surface area (Å²) in [6.45, 7) is 2.46. The van der Waals surface area contributed by atoms with Crippen LogP contribution < -0.4 is 0 Å². The maximum absolute atomic E-state index is 13.0. The minimum Gasteiger partial charge on any atom is -0.385 e. The summed E-state index contributed by atoms with van der Waals surface area (Å²) in [5.74, 6) is 0.326. The van der Waals surface area contributed by atoms with Crippen LogP contribution in [0.25, 0.3) is 0 Å². The molecule has 4 rings (SSSR count). The van der Waals surface area contributed by atoms with Crippen LogP contribution in [0.3, 0.4) is 0 Å². The second-order valence-electron chi connectivity index (χ2n) is 7.57. The van der Waals surface area contributed by atoms with Crippen molar-refractivity contribution >= 4 is 21.7 Å². The molecule has 3 nitrogen and oxygen atoms in total. The van der Waals surface area contributed by atoms with E-state index < -0.39 is 5.60 Å². The highest BCUT2D eigenvalue weighted by atomic mass is 79.9. The zero-order valence-electron chi connectivity index (χ0n) is 14.8. The summed E-state index contributed by atoms with van der Waals surface area (Å²) >= 11 is 3.55. The van der Waals surface area contributed by atoms with Crippen molar-refractivity contribution in [3.05, 3.63) is 69.7 Å². The molecule has 0 aromatic heterocycles. The minimum atomic E-state index is -0.732. The summed E-state index contributed by atoms with van der Waals surface area (Å²) in [4.78, 5) is 15.3. The number of piperidine rings is 1. The van der Waals surface area contributed by atoms with Gasteiger partial charge in [0, 0.05) is 35.6 Å². The van der Waals surface area contributed by atoms with E-state index in [1.807, 2.05) is 42.5 Å². The van der Waals surface area contributed by atoms with Crippen LogP contribution in [0.5, 0.6) is 0 Å². The van der Waals surface area contributed by atoms with Crippen LogP contribution in [0.4, 0.5) is 0 Å². The van der Waals surface area contributed by atoms with Crippen molar-refractivity contribution in [1.29, 1.82) is 0 Å². The first-order valence-electron chi connectivity index (χ1n) is 9.39. The lowest BCUT2D eigenvalue weighted by molar-refractivity contribution is -0.0283. The van der Waals surface area contributed by atoms with Crippen molar-refractivity contribution in [3.63, 3.8) is 0 Å². The number of Topliss-reactive ketones (excluding diaryl/α,β-unsaturated/α-hetero) is 1. The van der Waals surface area contributed by atoms with Gasteiger partial charge >= 0.3 is 0 Å². The molecule has 136 valence electrons. The molecule has 1 N–H and O–H groups in total. The third kappa shape index (κ3) is 3.38. The first-order valence-corrected chi connectivity index (χ1v) is 10.2. The number of rotatable bonds is 3. The molecule has 2 aromatic carbocycles. The van der Waals surface area contributed by atoms with Crippen molar-refractivity contribution in [1.82, 2.24) is 4.90 Å². The second kappa shape index (κ2) is 7.26. The topological polar surface area (TPSA) is 40.5 Å². The number of benzene rings is 2. The highest BCUT2D eigenvalue weighted by Gasteiger charge is 2.36. The van der Waals surface area contributed by atoms with E-state index in [9.17, 15) is 9.90 Å². The molecule has 0 spiro atoms. The number of carbonyl (C=O) groups excluding carboxylic acids is 1. The van der Waals surface area contributed by atoms with Gasteiger partial charge in [-0.1, -0.05) is 58.4 Å². The van der Waals surface area contributed by atoms with Crippen LogP contribution in [0.15, 0.2) is 53.0 Å². The van der Waals surface area contributed by atoms with Crippen molar-refractivity contribution in [2.24, 2.45) is 5.92 Å². The van der Waals surface area contributed by atoms with Gasteiger partial charge in [0.15, 0.2) is 5.78 Å². The first-order chi connectivity index (χ1) is 12.6. The zero-order chi connectivity index (χ0) is 18.1. The molecule has 0 saturated carbocycles. The molecule has 0 radical (unpaired) electrons. The summed E-state index contributed by atoms with van der Waals surface area (Å²) < 4.78 is 0.918. The lowest BCUT2D eigenvalue weighted by atomic mass is 9.81. The highest BCUT2D eigenvalue weighted by Crippen LogP contribution is 2.35. The Morgan fingerprint density at radius 1 is 1.08 bits per heavy atom. The van der Waals surface area contributed by atoms with Gasteiger partial charge in [-0.3, -0.25) is 4.79 Å². The number of aliphatic hydroxyl groups is 1. The first kappa shape index (κ1) is 17.9. The van der Waals surface area contributed by atoms with E-state index in [2.05, 4.69) is 26.9 Å². The van der Waals surface area contributed by atoms with Gasteiger partial charge in [-0.05, 0) is 42.9 Å². The number of aryl methyl sites for hydroxylation is 1. The molecule has 1 atom stereocenters. The maximum Gasteiger partial charge on any atom is 0.168 e. The van der Waals surface area contributed by atoms with Gasteiger partial charge < -0.3 is 10.0 Å². The van der Waals surface area contributed by atoms with Crippen molar-refractivity contribution in [2.75, 3.05) is 19.6 Å². The normalized spacial score (nSPS) is 22.8. The molecule has 4 heteroatoms. The molecule has 2 aliphatic rings. The van der Waals surface area contributed by atoms with Crippen LogP contribution >= 0.6 is 15.9 Å². The Kier molecular flexibility index (Phi) is 5.00. The largest absolute Gasteiger partial charge is 0.385 e. The van der Waals surface area contributed by atoms with E-state index in [1.165, 1.54) is 0 Å². The number of hydrogen-bond acceptors (Lipinski definition) is 3. The van der Waals surface area contributed by atoms with Crippen LogP contribution in [-0.2, 0) is 12.0 Å². The van der Waals surface area contributed by atoms with Gasteiger partial charge in [0.2, 0.25) is 0 Å². The third-order valence-corrected chi connectivity index (χ3v) is 6.61. The lowest BCUT2D eigenvalue weighted by Gasteiger charge is -2.40. The van der Waals surface area contributed by atoms with Gasteiger partial charge in [-0.25, -0.2) is 0 Å². The molecule has 1 aliphatic carbocycles. The number of halogens is 1. The summed E-state index contributed by atoms with van der Waals surface area (Å²) in [7, 11) is 0. The fourth-order valence-electron chi connectivity index (χ4n) is 4.35. The SMILES string of the molecule is O=C1c2c(Br)cccc2CCC1CN1CCC(O)(c2ccccc2)CC1. The van der Waals surface area contributed by atoms with E-state index in [4.69, 9.17) is 0 Å². The third-order valence-electron chi connectivity index (χ3n) is 5.95. The molecule has 1 aliphatic heterocycles. The Balaban J connectivity index is 1.41. The van der Waals surface area contributed by atoms with E-state index >= 15 is 0 Å². The molecule has 0 amide bonds. The molecular weight excluding hydrogens is 390 g/mol. The van der Waals surface area contributed by atoms with E-state index in [0.717, 1.165) is 66.5 Å². The average molecular weight is 414 g/mol. The van der Waals surface area contributed by atoms with Gasteiger partial charge in [-0.15, -0.1) is 0 Å². The quantitative estimate of drug-likeness (QED) is 0.820. The predicted octanol–water partition coefficient (Wildman–Crippen LogP) is 4.18. The lowest BCUT2D eigenvalue weighted by Crippen LogP contribution is -2.45. The van der Waals surface area contributed by atoms with E-state index in [-0.39, 0.29) is 11.7 Å². The summed E-state index contributed by atoms with van der Waals surface area (Å²) in [5, 5.41) is 11.0. The van der Waals surface area contributed by atoms with Crippen LogP contribution in [0.1, 0.15) is 40.7 Å². The molecule has 0 bridgehead atoms. The molecule has 1 unspecified atom stereocenters. The number of ketones is 1. The number of likely N-dealkylation sites (tertiary alicyclic amines) is 1. The molecule has 2 aromatic rings. The Labute approximate surface area is 163 Å². The van der Waals surface area contributed by atoms with Crippen molar-refractivity contribution < 1.29 is 9.90 Å². The summed E-state index contributed by atoms with van der Waals surface area (Å²) in [6.07, 6.45) is 3.32. The Hall–Kier alpha value is -1.49. The monoisotopic (exact) mass is 413 g/mol. The number of fused-ring (bicyclic) bond motifs is 1. The van der Waals surface area contributed by atoms with Crippen molar-refractivity contribution in [3.8, 4) is 0 Å². The number of nitrogens with zero attached hydrogens (tertiary/aromatic N) is 1. The van der Waals surface area contributed by atoms with Crippen LogP contribution in [-0.4, -0.2) is 35.4 Å². The minimum absolute atomic E-state index is 0.0594. The van der Waals surface area contributed by atoms with Gasteiger partial charge in [0.1, 0.15) is 0 Å². The predicted molar refractivity (Wildman–Crippen MR) is 106 cm³/mol. The molecule has 1 heterocycles. The summed E-state index contributed by atoms with van der Waals surface area (Å²) in [6, 6.07) is 16.0. The fourth-order valence-corrected chi connectivity index (χ4v) is 4.95. The Bertz CT molecular complexity index is 797. The number of carbonyl (C=O) groups is 1. The smallest absolute Gasteiger partial charge is 0.168 e. The second-order valence-corrected chi connectivity index (χ2v) is 8.43. The van der Waals surface area contributed by atoms with E-state index in [1.54, 1.807) is 0 Å². The highest BCUT2D eigenvalue weighted by molar-refractivity contribution is 9.10. The zero-order valence-corrected chi connectivity index (χ0v) is 16.4. The van der Waals surface area contributed by atoms with Crippen molar-refractivity contribution in [2.45, 2.75) is 31.3 Å². The number of hydrogen-bond donors (Lipinski definition) is 1. The van der Waals surface area contributed by atoms with Gasteiger partial charge in [-0.2, -0.15) is 0 Å². The fraction of sp³-hybridized carbons (Fsp3) is 0.409. The molecular formula is C22H24BrNO2. The molecule has 26 heavy (non-hydrogen) atoms. The average Bonchev–Trinajstić information content (AvgIpc) is 2.67. The molecule has 1 fully saturated rings. The standard InChI is InChI=1S/C22H24BrNO2/c23-19-8-4-5-16-9-10-17(21(25)20(16)19)15-24-13-11-22(26,12-14-24)18-6-2-1-3-7-18/h1-8,17,26H,9-15H2. The molecule has 1 saturated heterocycles.